The molecule has 0 radical (unpaired) electrons. The normalized spacial score (nSPS) is 19.1. The summed E-state index contributed by atoms with van der Waals surface area (Å²) in [5, 5.41) is 4.33. The Kier molecular flexibility index (Phi) is 9.11. The van der Waals surface area contributed by atoms with Crippen molar-refractivity contribution >= 4 is 29.0 Å². The SMILES string of the molecule is CC(=O)N1CC2CC(c3cccc(CC(C)Oc4ccc(Cl)cc4)c3)=C(C(=O)N(C)CCc3ccccc3)C(C1)N2. The van der Waals surface area contributed by atoms with Crippen molar-refractivity contribution in [1.82, 2.24) is 15.1 Å². The van der Waals surface area contributed by atoms with Crippen LogP contribution < -0.4 is 10.1 Å². The van der Waals surface area contributed by atoms with E-state index in [4.69, 9.17) is 16.3 Å². The van der Waals surface area contributed by atoms with Gasteiger partial charge in [0.15, 0.2) is 0 Å². The van der Waals surface area contributed by atoms with E-state index in [1.807, 2.05) is 59.3 Å². The number of rotatable bonds is 9. The van der Waals surface area contributed by atoms with Crippen LogP contribution >= 0.6 is 11.6 Å². The number of benzene rings is 3. The lowest BCUT2D eigenvalue weighted by atomic mass is 9.82. The van der Waals surface area contributed by atoms with Gasteiger partial charge in [0.25, 0.3) is 5.91 Å². The van der Waals surface area contributed by atoms with Crippen LogP contribution in [-0.4, -0.2) is 66.5 Å². The highest BCUT2D eigenvalue weighted by atomic mass is 35.5. The second-order valence-electron chi connectivity index (χ2n) is 11.2. The fraction of sp³-hybridized carbons (Fsp3) is 0.353. The number of carbonyl (C=O) groups is 2. The first kappa shape index (κ1) is 28.9. The van der Waals surface area contributed by atoms with Crippen LogP contribution in [0.15, 0.2) is 84.4 Å². The molecule has 3 atom stereocenters. The van der Waals surface area contributed by atoms with Gasteiger partial charge in [-0.25, -0.2) is 0 Å². The summed E-state index contributed by atoms with van der Waals surface area (Å²) < 4.78 is 6.13. The molecule has 7 heteroatoms. The van der Waals surface area contributed by atoms with Gasteiger partial charge in [0, 0.05) is 56.7 Å². The van der Waals surface area contributed by atoms with E-state index in [9.17, 15) is 9.59 Å². The molecule has 1 saturated heterocycles. The first-order valence-corrected chi connectivity index (χ1v) is 14.7. The summed E-state index contributed by atoms with van der Waals surface area (Å²) in [5.41, 5.74) is 5.26. The van der Waals surface area contributed by atoms with E-state index in [0.29, 0.717) is 31.1 Å². The van der Waals surface area contributed by atoms with Gasteiger partial charge in [0.1, 0.15) is 5.75 Å². The highest BCUT2D eigenvalue weighted by Crippen LogP contribution is 2.34. The summed E-state index contributed by atoms with van der Waals surface area (Å²) in [7, 11) is 1.87. The fourth-order valence-electron chi connectivity index (χ4n) is 5.88. The molecule has 3 aromatic rings. The summed E-state index contributed by atoms with van der Waals surface area (Å²) in [6, 6.07) is 26.0. The number of nitrogens with one attached hydrogen (secondary N) is 1. The molecular formula is C34H38ClN3O3. The van der Waals surface area contributed by atoms with E-state index in [1.54, 1.807) is 6.92 Å². The van der Waals surface area contributed by atoms with Gasteiger partial charge in [-0.3, -0.25) is 9.59 Å². The minimum Gasteiger partial charge on any atom is -0.490 e. The van der Waals surface area contributed by atoms with Crippen LogP contribution in [0.1, 0.15) is 37.0 Å². The highest BCUT2D eigenvalue weighted by molar-refractivity contribution is 6.30. The summed E-state index contributed by atoms with van der Waals surface area (Å²) in [4.78, 5) is 30.1. The molecule has 1 fully saturated rings. The Hall–Kier alpha value is -3.61. The minimum absolute atomic E-state index is 0.0159. The van der Waals surface area contributed by atoms with Crippen molar-refractivity contribution in [1.29, 1.82) is 0 Å². The molecule has 214 valence electrons. The number of carbonyl (C=O) groups excluding carboxylic acids is 2. The first-order chi connectivity index (χ1) is 19.8. The van der Waals surface area contributed by atoms with E-state index in [-0.39, 0.29) is 30.0 Å². The van der Waals surface area contributed by atoms with Gasteiger partial charge in [-0.05, 0) is 66.3 Å². The Balaban J connectivity index is 1.40. The zero-order chi connectivity index (χ0) is 28.9. The van der Waals surface area contributed by atoms with Crippen molar-refractivity contribution in [3.8, 4) is 5.75 Å². The molecule has 1 N–H and O–H groups in total. The van der Waals surface area contributed by atoms with Crippen LogP contribution in [0.3, 0.4) is 0 Å². The van der Waals surface area contributed by atoms with Crippen LogP contribution in [0.5, 0.6) is 5.75 Å². The summed E-state index contributed by atoms with van der Waals surface area (Å²) in [6.45, 7) is 5.42. The van der Waals surface area contributed by atoms with E-state index >= 15 is 0 Å². The average molecular weight is 572 g/mol. The Morgan fingerprint density at radius 3 is 2.49 bits per heavy atom. The second-order valence-corrected chi connectivity index (χ2v) is 11.6. The molecule has 2 amide bonds. The summed E-state index contributed by atoms with van der Waals surface area (Å²) >= 11 is 6.02. The van der Waals surface area contributed by atoms with Crippen molar-refractivity contribution < 1.29 is 14.3 Å². The molecule has 3 unspecified atom stereocenters. The summed E-state index contributed by atoms with van der Waals surface area (Å²) in [5.74, 6) is 0.848. The number of piperazine rings is 1. The Bertz CT molecular complexity index is 1410. The average Bonchev–Trinajstić information content (AvgIpc) is 2.97. The fourth-order valence-corrected chi connectivity index (χ4v) is 6.00. The molecule has 2 heterocycles. The lowest BCUT2D eigenvalue weighted by Gasteiger charge is -2.44. The van der Waals surface area contributed by atoms with Crippen molar-refractivity contribution in [3.63, 3.8) is 0 Å². The molecule has 0 aliphatic carbocycles. The van der Waals surface area contributed by atoms with Crippen molar-refractivity contribution in [2.75, 3.05) is 26.7 Å². The van der Waals surface area contributed by atoms with Gasteiger partial charge >= 0.3 is 0 Å². The molecule has 0 aromatic heterocycles. The van der Waals surface area contributed by atoms with Gasteiger partial charge in [0.05, 0.1) is 12.1 Å². The predicted molar refractivity (Wildman–Crippen MR) is 164 cm³/mol. The number of halogens is 1. The maximum atomic E-state index is 14.1. The van der Waals surface area contributed by atoms with E-state index in [2.05, 4.69) is 48.6 Å². The van der Waals surface area contributed by atoms with Crippen LogP contribution in [0.25, 0.3) is 5.57 Å². The minimum atomic E-state index is -0.205. The number of hydrogen-bond acceptors (Lipinski definition) is 4. The zero-order valence-electron chi connectivity index (χ0n) is 24.0. The molecular weight excluding hydrogens is 534 g/mol. The highest BCUT2D eigenvalue weighted by Gasteiger charge is 2.39. The van der Waals surface area contributed by atoms with Gasteiger partial charge in [0.2, 0.25) is 5.91 Å². The molecule has 41 heavy (non-hydrogen) atoms. The maximum absolute atomic E-state index is 14.1. The van der Waals surface area contributed by atoms with Gasteiger partial charge in [-0.15, -0.1) is 0 Å². The van der Waals surface area contributed by atoms with Crippen LogP contribution in [-0.2, 0) is 22.4 Å². The number of hydrogen-bond donors (Lipinski definition) is 1. The van der Waals surface area contributed by atoms with E-state index < -0.39 is 0 Å². The van der Waals surface area contributed by atoms with Crippen LogP contribution in [0.4, 0.5) is 0 Å². The second kappa shape index (κ2) is 12.9. The molecule has 0 spiro atoms. The van der Waals surface area contributed by atoms with Crippen LogP contribution in [0, 0.1) is 0 Å². The third-order valence-corrected chi connectivity index (χ3v) is 8.21. The lowest BCUT2D eigenvalue weighted by Crippen LogP contribution is -2.61. The Morgan fingerprint density at radius 1 is 1.02 bits per heavy atom. The molecule has 3 aromatic carbocycles. The van der Waals surface area contributed by atoms with Gasteiger partial charge in [-0.1, -0.05) is 66.2 Å². The quantitative estimate of drug-likeness (QED) is 0.374. The topological polar surface area (TPSA) is 61.9 Å². The third kappa shape index (κ3) is 7.19. The Labute approximate surface area is 247 Å². The smallest absolute Gasteiger partial charge is 0.251 e. The van der Waals surface area contributed by atoms with Gasteiger partial charge in [-0.2, -0.15) is 0 Å². The van der Waals surface area contributed by atoms with E-state index in [1.165, 1.54) is 5.56 Å². The number of ether oxygens (including phenoxy) is 1. The number of likely N-dealkylation sites (N-methyl/N-ethyl adjacent to an activating group) is 1. The van der Waals surface area contributed by atoms with E-state index in [0.717, 1.165) is 40.9 Å². The maximum Gasteiger partial charge on any atom is 0.251 e. The van der Waals surface area contributed by atoms with Crippen molar-refractivity contribution in [2.24, 2.45) is 0 Å². The number of amides is 2. The number of fused-ring (bicyclic) bond motifs is 2. The van der Waals surface area contributed by atoms with Crippen molar-refractivity contribution in [2.45, 2.75) is 51.3 Å². The largest absolute Gasteiger partial charge is 0.490 e. The predicted octanol–water partition coefficient (Wildman–Crippen LogP) is 5.40. The lowest BCUT2D eigenvalue weighted by molar-refractivity contribution is -0.132. The molecule has 2 aliphatic rings. The molecule has 2 bridgehead atoms. The standard InChI is InChI=1S/C34H38ClN3O3/c1-23(41-30-14-12-28(35)13-15-30)18-26-10-7-11-27(19-26)31-20-29-21-38(24(2)39)22-32(36-29)33(31)34(40)37(3)17-16-25-8-5-4-6-9-25/h4-15,19,23,29,32,36H,16-18,20-22H2,1-3H3. The monoisotopic (exact) mass is 571 g/mol. The summed E-state index contributed by atoms with van der Waals surface area (Å²) in [6.07, 6.45) is 2.16. The number of nitrogens with zero attached hydrogens (tertiary/aromatic N) is 2. The van der Waals surface area contributed by atoms with Gasteiger partial charge < -0.3 is 19.9 Å². The molecule has 5 rings (SSSR count). The molecule has 2 aliphatic heterocycles. The first-order valence-electron chi connectivity index (χ1n) is 14.3. The van der Waals surface area contributed by atoms with Crippen LogP contribution in [0.2, 0.25) is 5.02 Å². The zero-order valence-corrected chi connectivity index (χ0v) is 24.7. The molecule has 6 nitrogen and oxygen atoms in total. The third-order valence-electron chi connectivity index (χ3n) is 7.96. The Morgan fingerprint density at radius 2 is 1.76 bits per heavy atom. The van der Waals surface area contributed by atoms with Crippen molar-refractivity contribution in [3.05, 3.63) is 106 Å². The molecule has 0 saturated carbocycles.